The molecule has 0 atom stereocenters. The topological polar surface area (TPSA) is 115 Å². The Morgan fingerprint density at radius 1 is 1.19 bits per heavy atom. The maximum Gasteiger partial charge on any atom is 0.410 e. The summed E-state index contributed by atoms with van der Waals surface area (Å²) in [4.78, 5) is 24.4. The molecule has 2 aromatic rings. The Morgan fingerprint density at radius 3 is 2.74 bits per heavy atom. The first-order valence-electron chi connectivity index (χ1n) is 10.3. The van der Waals surface area contributed by atoms with Crippen LogP contribution in [0, 0.1) is 6.92 Å². The molecule has 0 spiro atoms. The second-order valence-corrected chi connectivity index (χ2v) is 7.29. The van der Waals surface area contributed by atoms with Crippen LogP contribution in [0.2, 0.25) is 0 Å². The first kappa shape index (κ1) is 20.9. The molecule has 0 radical (unpaired) electrons. The molecule has 0 aliphatic carbocycles. The zero-order chi connectivity index (χ0) is 21.6. The highest BCUT2D eigenvalue weighted by Gasteiger charge is 2.22. The third kappa shape index (κ3) is 5.02. The number of anilines is 1. The zero-order valence-corrected chi connectivity index (χ0v) is 17.5. The summed E-state index contributed by atoms with van der Waals surface area (Å²) in [6, 6.07) is 9.97. The minimum absolute atomic E-state index is 0.209. The van der Waals surface area contributed by atoms with Crippen LogP contribution in [0.15, 0.2) is 35.4 Å². The maximum absolute atomic E-state index is 11.6. The number of amides is 1. The van der Waals surface area contributed by atoms with Gasteiger partial charge >= 0.3 is 12.1 Å². The molecule has 2 aliphatic rings. The lowest BCUT2D eigenvalue weighted by atomic mass is 10.0. The Labute approximate surface area is 180 Å². The highest BCUT2D eigenvalue weighted by molar-refractivity contribution is 6.12. The first-order chi connectivity index (χ1) is 15.1. The number of hydrazone groups is 1. The van der Waals surface area contributed by atoms with Gasteiger partial charge in [0, 0.05) is 24.7 Å². The van der Waals surface area contributed by atoms with Gasteiger partial charge in [-0.3, -0.25) is 0 Å². The number of carbonyl (C=O) groups excluding carboxylic acids is 1. The van der Waals surface area contributed by atoms with Gasteiger partial charge in [0.2, 0.25) is 0 Å². The number of carbonyl (C=O) groups is 1. The number of nitrogens with zero attached hydrogens (tertiary/aromatic N) is 5. The van der Waals surface area contributed by atoms with Crippen LogP contribution in [-0.4, -0.2) is 79.3 Å². The number of morpholine rings is 1. The largest absolute Gasteiger partial charge is 0.462 e. The minimum Gasteiger partial charge on any atom is -0.462 e. The van der Waals surface area contributed by atoms with Crippen molar-refractivity contribution in [3.05, 3.63) is 47.2 Å². The molecule has 4 rings (SSSR count). The van der Waals surface area contributed by atoms with Crippen LogP contribution in [0.3, 0.4) is 0 Å². The number of aromatic nitrogens is 2. The smallest absolute Gasteiger partial charge is 0.410 e. The summed E-state index contributed by atoms with van der Waals surface area (Å²) in [5, 5.41) is 4.01. The fraction of sp³-hybridized carbons (Fsp3) is 0.429. The SMILES string of the molecule is Cc1cccc(/C(=N/N)c2cc(N3CCOCC3)nc(OCCN3CCOC3=O)n2)c1. The number of hydrogen-bond acceptors (Lipinski definition) is 9. The Morgan fingerprint density at radius 2 is 2.03 bits per heavy atom. The Hall–Kier alpha value is -3.40. The number of hydrogen-bond donors (Lipinski definition) is 1. The molecule has 0 bridgehead atoms. The quantitative estimate of drug-likeness (QED) is 0.398. The maximum atomic E-state index is 11.6. The van der Waals surface area contributed by atoms with E-state index in [9.17, 15) is 4.79 Å². The molecule has 0 saturated carbocycles. The number of benzene rings is 1. The van der Waals surface area contributed by atoms with Gasteiger partial charge in [0.15, 0.2) is 0 Å². The van der Waals surface area contributed by atoms with Gasteiger partial charge in [-0.05, 0) is 13.0 Å². The van der Waals surface area contributed by atoms with Crippen LogP contribution in [0.1, 0.15) is 16.8 Å². The Bertz CT molecular complexity index is 961. The number of rotatable bonds is 7. The van der Waals surface area contributed by atoms with E-state index in [4.69, 9.17) is 20.1 Å². The van der Waals surface area contributed by atoms with Crippen LogP contribution in [0.25, 0.3) is 0 Å². The Balaban J connectivity index is 1.60. The fourth-order valence-corrected chi connectivity index (χ4v) is 3.51. The average molecular weight is 426 g/mol. The van der Waals surface area contributed by atoms with Gasteiger partial charge in [-0.15, -0.1) is 0 Å². The molecule has 2 saturated heterocycles. The summed E-state index contributed by atoms with van der Waals surface area (Å²) < 4.78 is 16.2. The van der Waals surface area contributed by atoms with Crippen molar-refractivity contribution in [3.8, 4) is 6.01 Å². The summed E-state index contributed by atoms with van der Waals surface area (Å²) in [6.07, 6.45) is -0.329. The normalized spacial score (nSPS) is 17.1. The molecule has 1 amide bonds. The van der Waals surface area contributed by atoms with Crippen LogP contribution >= 0.6 is 0 Å². The van der Waals surface area contributed by atoms with Crippen molar-refractivity contribution in [1.29, 1.82) is 0 Å². The lowest BCUT2D eigenvalue weighted by Crippen LogP contribution is -2.37. The van der Waals surface area contributed by atoms with Gasteiger partial charge in [0.05, 0.1) is 26.3 Å². The molecule has 10 heteroatoms. The average Bonchev–Trinajstić information content (AvgIpc) is 3.19. The third-order valence-electron chi connectivity index (χ3n) is 5.13. The van der Waals surface area contributed by atoms with Crippen molar-refractivity contribution in [2.75, 3.05) is 57.5 Å². The summed E-state index contributed by atoms with van der Waals surface area (Å²) in [5.74, 6) is 6.48. The molecule has 2 N–H and O–H groups in total. The molecule has 31 heavy (non-hydrogen) atoms. The lowest BCUT2D eigenvalue weighted by Gasteiger charge is -2.28. The van der Waals surface area contributed by atoms with E-state index >= 15 is 0 Å². The van der Waals surface area contributed by atoms with Gasteiger partial charge in [0.1, 0.15) is 30.4 Å². The molecule has 164 valence electrons. The van der Waals surface area contributed by atoms with Crippen LogP contribution in [0.5, 0.6) is 6.01 Å². The standard InChI is InChI=1S/C21H26N6O4/c1-15-3-2-4-16(13-15)19(25-22)17-14-18(26-5-9-29-10-6-26)24-20(23-17)30-11-7-27-8-12-31-21(27)28/h2-4,13-14H,5-12,22H2,1H3/b25-19-. The first-order valence-corrected chi connectivity index (χ1v) is 10.3. The van der Waals surface area contributed by atoms with E-state index in [1.165, 1.54) is 0 Å². The molecule has 0 unspecified atom stereocenters. The van der Waals surface area contributed by atoms with E-state index in [2.05, 4.69) is 20.0 Å². The molecule has 1 aromatic heterocycles. The van der Waals surface area contributed by atoms with E-state index < -0.39 is 0 Å². The van der Waals surface area contributed by atoms with Gasteiger partial charge in [-0.2, -0.15) is 15.1 Å². The number of aryl methyl sites for hydroxylation is 1. The van der Waals surface area contributed by atoms with Gasteiger partial charge < -0.3 is 29.9 Å². The highest BCUT2D eigenvalue weighted by Crippen LogP contribution is 2.21. The van der Waals surface area contributed by atoms with Crippen molar-refractivity contribution in [3.63, 3.8) is 0 Å². The number of nitrogens with two attached hydrogens (primary N) is 1. The monoisotopic (exact) mass is 426 g/mol. The third-order valence-corrected chi connectivity index (χ3v) is 5.13. The van der Waals surface area contributed by atoms with E-state index in [1.807, 2.05) is 37.3 Å². The molecule has 1 aromatic carbocycles. The summed E-state index contributed by atoms with van der Waals surface area (Å²) >= 11 is 0. The van der Waals surface area contributed by atoms with Crippen molar-refractivity contribution >= 4 is 17.6 Å². The van der Waals surface area contributed by atoms with Crippen molar-refractivity contribution in [1.82, 2.24) is 14.9 Å². The molecule has 10 nitrogen and oxygen atoms in total. The fourth-order valence-electron chi connectivity index (χ4n) is 3.51. The minimum atomic E-state index is -0.329. The van der Waals surface area contributed by atoms with Crippen LogP contribution < -0.4 is 15.5 Å². The summed E-state index contributed by atoms with van der Waals surface area (Å²) in [7, 11) is 0. The second-order valence-electron chi connectivity index (χ2n) is 7.29. The van der Waals surface area contributed by atoms with Crippen LogP contribution in [-0.2, 0) is 9.47 Å². The molecule has 3 heterocycles. The number of ether oxygens (including phenoxy) is 3. The summed E-state index contributed by atoms with van der Waals surface area (Å²) in [6.45, 7) is 6.30. The van der Waals surface area contributed by atoms with Crippen molar-refractivity contribution in [2.24, 2.45) is 10.9 Å². The van der Waals surface area contributed by atoms with E-state index in [1.54, 1.807) is 4.90 Å². The predicted octanol–water partition coefficient (Wildman–Crippen LogP) is 1.16. The molecule has 2 aliphatic heterocycles. The van der Waals surface area contributed by atoms with Crippen molar-refractivity contribution < 1.29 is 19.0 Å². The van der Waals surface area contributed by atoms with Gasteiger partial charge in [-0.1, -0.05) is 23.8 Å². The van der Waals surface area contributed by atoms with Crippen molar-refractivity contribution in [2.45, 2.75) is 6.92 Å². The van der Waals surface area contributed by atoms with Gasteiger partial charge in [-0.25, -0.2) is 4.79 Å². The molecular weight excluding hydrogens is 400 g/mol. The Kier molecular flexibility index (Phi) is 6.46. The molecule has 2 fully saturated rings. The van der Waals surface area contributed by atoms with E-state index in [0.29, 0.717) is 44.3 Å². The van der Waals surface area contributed by atoms with Gasteiger partial charge in [0.25, 0.3) is 0 Å². The zero-order valence-electron chi connectivity index (χ0n) is 17.5. The number of cyclic esters (lactones) is 1. The van der Waals surface area contributed by atoms with E-state index in [-0.39, 0.29) is 18.7 Å². The molecular formula is C21H26N6O4. The lowest BCUT2D eigenvalue weighted by molar-refractivity contribution is 0.122. The summed E-state index contributed by atoms with van der Waals surface area (Å²) in [5.41, 5.74) is 3.07. The predicted molar refractivity (Wildman–Crippen MR) is 114 cm³/mol. The second kappa shape index (κ2) is 9.61. The van der Waals surface area contributed by atoms with E-state index in [0.717, 1.165) is 30.0 Å². The van der Waals surface area contributed by atoms with Crippen LogP contribution in [0.4, 0.5) is 10.6 Å². The highest BCUT2D eigenvalue weighted by atomic mass is 16.6.